The fraction of sp³-hybridized carbons (Fsp3) is 0.444. The molecule has 1 fully saturated rings. The molecule has 2 amide bonds. The molecule has 0 aliphatic carbocycles. The second kappa shape index (κ2) is 7.51. The molecule has 0 radical (unpaired) electrons. The van der Waals surface area contributed by atoms with E-state index in [1.54, 1.807) is 0 Å². The van der Waals surface area contributed by atoms with Gasteiger partial charge in [0, 0.05) is 33.3 Å². The van der Waals surface area contributed by atoms with Gasteiger partial charge in [-0.2, -0.15) is 0 Å². The van der Waals surface area contributed by atoms with E-state index in [1.165, 1.54) is 19.1 Å². The van der Waals surface area contributed by atoms with Gasteiger partial charge in [0.15, 0.2) is 0 Å². The summed E-state index contributed by atoms with van der Waals surface area (Å²) >= 11 is 0. The van der Waals surface area contributed by atoms with Gasteiger partial charge in [-0.3, -0.25) is 9.59 Å². The van der Waals surface area contributed by atoms with Crippen molar-refractivity contribution in [1.29, 1.82) is 0 Å². The van der Waals surface area contributed by atoms with Crippen molar-refractivity contribution in [3.63, 3.8) is 0 Å². The second-order valence-electron chi connectivity index (χ2n) is 6.81. The van der Waals surface area contributed by atoms with Crippen molar-refractivity contribution in [2.45, 2.75) is 50.5 Å². The Morgan fingerprint density at radius 2 is 2.15 bits per heavy atom. The highest BCUT2D eigenvalue weighted by atomic mass is 19.1. The minimum absolute atomic E-state index is 0.107. The lowest BCUT2D eigenvalue weighted by atomic mass is 9.90. The van der Waals surface area contributed by atoms with Crippen LogP contribution in [0.1, 0.15) is 37.8 Å². The standard InChI is InChI=1S/C18H19F2N3O4/c1-9(12-3-2-11(19)8-13(12)20)21-16(24)7-10-6-15-14(22-18(10)26)4-5-17(25)23(15)27/h2-3,6,8-9,14-15,17,25H,4-5,7H2,1H3,(H-,21,22,24,26)/p+1/t9-,14?,15?,17?/m0/s1. The Labute approximate surface area is 154 Å². The molecule has 2 heterocycles. The van der Waals surface area contributed by atoms with Gasteiger partial charge in [-0.25, -0.2) is 8.78 Å². The molecule has 0 saturated carbocycles. The molecule has 1 aromatic rings. The maximum absolute atomic E-state index is 13.8. The molecule has 0 spiro atoms. The normalized spacial score (nSPS) is 25.9. The first-order valence-corrected chi connectivity index (χ1v) is 8.65. The predicted octanol–water partition coefficient (Wildman–Crippen LogP) is 1.22. The molecular formula is C18H20F2N3O4+. The highest BCUT2D eigenvalue weighted by Crippen LogP contribution is 2.25. The van der Waals surface area contributed by atoms with Crippen LogP contribution < -0.4 is 10.6 Å². The van der Waals surface area contributed by atoms with Crippen LogP contribution in [0, 0.1) is 16.5 Å². The van der Waals surface area contributed by atoms with Crippen LogP contribution in [0.25, 0.3) is 0 Å². The van der Waals surface area contributed by atoms with Crippen LogP contribution in [0.4, 0.5) is 8.78 Å². The van der Waals surface area contributed by atoms with Gasteiger partial charge in [0.25, 0.3) is 0 Å². The van der Waals surface area contributed by atoms with E-state index in [0.717, 1.165) is 12.1 Å². The van der Waals surface area contributed by atoms with Crippen LogP contribution in [0.3, 0.4) is 0 Å². The lowest BCUT2D eigenvalue weighted by Crippen LogP contribution is -2.56. The summed E-state index contributed by atoms with van der Waals surface area (Å²) in [7, 11) is 0. The van der Waals surface area contributed by atoms with Crippen LogP contribution in [-0.2, 0) is 9.59 Å². The van der Waals surface area contributed by atoms with E-state index < -0.39 is 47.8 Å². The molecular weight excluding hydrogens is 360 g/mol. The monoisotopic (exact) mass is 380 g/mol. The molecule has 0 bridgehead atoms. The van der Waals surface area contributed by atoms with Crippen molar-refractivity contribution in [2.24, 2.45) is 0 Å². The first-order valence-electron chi connectivity index (χ1n) is 8.65. The third kappa shape index (κ3) is 4.02. The SMILES string of the molecule is C[C@H](NC(=O)CC1=CC2C(CCC(O)[N+]2=O)NC1=O)c1ccc(F)cc1F. The number of benzene rings is 1. The molecule has 1 aromatic carbocycles. The number of halogens is 2. The van der Waals surface area contributed by atoms with E-state index >= 15 is 0 Å². The van der Waals surface area contributed by atoms with Crippen molar-refractivity contribution in [2.75, 3.05) is 0 Å². The molecule has 7 nitrogen and oxygen atoms in total. The average molecular weight is 380 g/mol. The number of carbonyl (C=O) groups is 2. The number of nitrogens with one attached hydrogen (secondary N) is 2. The minimum Gasteiger partial charge on any atom is -0.349 e. The number of aliphatic hydroxyl groups excluding tert-OH is 1. The van der Waals surface area contributed by atoms with Gasteiger partial charge in [0.05, 0.1) is 18.5 Å². The Kier molecular flexibility index (Phi) is 5.31. The van der Waals surface area contributed by atoms with Gasteiger partial charge >= 0.3 is 6.23 Å². The van der Waals surface area contributed by atoms with Crippen molar-refractivity contribution >= 4 is 11.8 Å². The van der Waals surface area contributed by atoms with Crippen LogP contribution in [0.5, 0.6) is 0 Å². The number of piperidine rings is 1. The van der Waals surface area contributed by atoms with Gasteiger partial charge in [-0.05, 0) is 25.5 Å². The number of hydrogen-bond donors (Lipinski definition) is 3. The van der Waals surface area contributed by atoms with E-state index in [9.17, 15) is 28.4 Å². The fourth-order valence-electron chi connectivity index (χ4n) is 3.43. The summed E-state index contributed by atoms with van der Waals surface area (Å²) in [6, 6.07) is 1.19. The summed E-state index contributed by atoms with van der Waals surface area (Å²) in [5.41, 5.74) is 0.225. The summed E-state index contributed by atoms with van der Waals surface area (Å²) in [5.74, 6) is -2.49. The quantitative estimate of drug-likeness (QED) is 0.684. The number of hydrogen-bond acceptors (Lipinski definition) is 4. The smallest absolute Gasteiger partial charge is 0.303 e. The first-order chi connectivity index (χ1) is 12.8. The largest absolute Gasteiger partial charge is 0.349 e. The van der Waals surface area contributed by atoms with Gasteiger partial charge in [0.1, 0.15) is 11.6 Å². The zero-order chi connectivity index (χ0) is 19.7. The third-order valence-electron chi connectivity index (χ3n) is 4.87. The molecule has 0 aromatic heterocycles. The number of rotatable bonds is 4. The van der Waals surface area contributed by atoms with Crippen molar-refractivity contribution in [3.05, 3.63) is 52.0 Å². The lowest BCUT2D eigenvalue weighted by Gasteiger charge is -2.30. The molecule has 3 N–H and O–H groups in total. The molecule has 144 valence electrons. The van der Waals surface area contributed by atoms with E-state index in [4.69, 9.17) is 0 Å². The number of carbonyl (C=O) groups excluding carboxylic acids is 2. The van der Waals surface area contributed by atoms with Crippen LogP contribution in [0.2, 0.25) is 0 Å². The maximum atomic E-state index is 13.8. The van der Waals surface area contributed by atoms with Crippen molar-refractivity contribution in [1.82, 2.24) is 10.6 Å². The zero-order valence-corrected chi connectivity index (χ0v) is 14.6. The van der Waals surface area contributed by atoms with Crippen LogP contribution >= 0.6 is 0 Å². The second-order valence-corrected chi connectivity index (χ2v) is 6.81. The molecule has 3 unspecified atom stereocenters. The van der Waals surface area contributed by atoms with Gasteiger partial charge < -0.3 is 15.7 Å². The van der Waals surface area contributed by atoms with E-state index in [0.29, 0.717) is 11.2 Å². The van der Waals surface area contributed by atoms with Gasteiger partial charge in [-0.15, -0.1) is 0 Å². The van der Waals surface area contributed by atoms with Crippen LogP contribution in [0.15, 0.2) is 29.8 Å². The Morgan fingerprint density at radius 1 is 1.41 bits per heavy atom. The molecule has 2 aliphatic rings. The third-order valence-corrected chi connectivity index (χ3v) is 4.87. The summed E-state index contributed by atoms with van der Waals surface area (Å²) in [5, 5.41) is 14.9. The van der Waals surface area contributed by atoms with Crippen molar-refractivity contribution < 1.29 is 28.2 Å². The predicted molar refractivity (Wildman–Crippen MR) is 90.2 cm³/mol. The van der Waals surface area contributed by atoms with Crippen LogP contribution in [-0.4, -0.2) is 40.0 Å². The number of amides is 2. The topological polar surface area (TPSA) is 98.5 Å². The summed E-state index contributed by atoms with van der Waals surface area (Å²) in [6.45, 7) is 1.54. The number of nitrogens with zero attached hydrogens (tertiary/aromatic N) is 1. The molecule has 27 heavy (non-hydrogen) atoms. The average Bonchev–Trinajstić information content (AvgIpc) is 2.59. The van der Waals surface area contributed by atoms with Gasteiger partial charge in [-0.1, -0.05) is 6.07 Å². The lowest BCUT2D eigenvalue weighted by molar-refractivity contribution is -0.660. The Hall–Kier alpha value is -2.68. The van der Waals surface area contributed by atoms with Crippen molar-refractivity contribution in [3.8, 4) is 0 Å². The molecule has 1 saturated heterocycles. The highest BCUT2D eigenvalue weighted by molar-refractivity contribution is 5.99. The molecule has 3 rings (SSSR count). The summed E-state index contributed by atoms with van der Waals surface area (Å²) < 4.78 is 27.3. The fourth-order valence-corrected chi connectivity index (χ4v) is 3.43. The van der Waals surface area contributed by atoms with E-state index in [2.05, 4.69) is 10.6 Å². The number of fused-ring (bicyclic) bond motifs is 1. The zero-order valence-electron chi connectivity index (χ0n) is 14.6. The summed E-state index contributed by atoms with van der Waals surface area (Å²) in [4.78, 5) is 36.5. The Bertz CT molecular complexity index is 827. The molecule has 4 atom stereocenters. The summed E-state index contributed by atoms with van der Waals surface area (Å²) in [6.07, 6.45) is 0.685. The number of nitroso groups, excluding NO2 is 1. The Morgan fingerprint density at radius 3 is 2.85 bits per heavy atom. The first kappa shape index (κ1) is 19.1. The molecule has 9 heteroatoms. The Balaban J connectivity index is 1.68. The minimum atomic E-state index is -1.14. The van der Waals surface area contributed by atoms with E-state index in [1.807, 2.05) is 0 Å². The highest BCUT2D eigenvalue weighted by Gasteiger charge is 2.46. The van der Waals surface area contributed by atoms with E-state index in [-0.39, 0.29) is 24.0 Å². The number of aliphatic hydroxyl groups is 1. The maximum Gasteiger partial charge on any atom is 0.303 e. The molecule has 2 aliphatic heterocycles. The van der Waals surface area contributed by atoms with Gasteiger partial charge in [0.2, 0.25) is 17.9 Å².